The Morgan fingerprint density at radius 3 is 2.38 bits per heavy atom. The molecule has 0 bridgehead atoms. The van der Waals surface area contributed by atoms with Gasteiger partial charge in [-0.15, -0.1) is 0 Å². The van der Waals surface area contributed by atoms with Gasteiger partial charge < -0.3 is 15.5 Å². The fraction of sp³-hybridized carbons (Fsp3) is 0.500. The van der Waals surface area contributed by atoms with E-state index >= 15 is 0 Å². The summed E-state index contributed by atoms with van der Waals surface area (Å²) in [7, 11) is 0. The second kappa shape index (κ2) is 5.06. The largest absolute Gasteiger partial charge is 0.506 e. The number of aliphatic carboxylic acids is 1. The third-order valence-corrected chi connectivity index (χ3v) is 5.18. The fourth-order valence-corrected chi connectivity index (χ4v) is 3.14. The molecule has 0 saturated heterocycles. The standard InChI is InChI=1S/C16H21NO4/c1-15(2)10(8-9-16(15,3)14(20)21)13(19)17-11-6-4-5-7-12(11)18/h4-7,10,18H,8-9H2,1-3H3,(H,17,19)(H,20,21)/t10-,16+/m1/s1. The molecule has 0 unspecified atom stereocenters. The Hall–Kier alpha value is -2.04. The Kier molecular flexibility index (Phi) is 3.70. The molecule has 1 aromatic carbocycles. The van der Waals surface area contributed by atoms with E-state index in [2.05, 4.69) is 5.32 Å². The molecule has 0 aliphatic heterocycles. The average molecular weight is 291 g/mol. The SMILES string of the molecule is CC1(C)[C@@H](C(=O)Nc2ccccc2O)CC[C@@]1(C)C(=O)O. The number of phenols is 1. The molecular weight excluding hydrogens is 270 g/mol. The molecule has 0 heterocycles. The zero-order valence-corrected chi connectivity index (χ0v) is 12.5. The molecule has 1 aliphatic carbocycles. The summed E-state index contributed by atoms with van der Waals surface area (Å²) in [5.41, 5.74) is -1.23. The number of amides is 1. The molecule has 0 radical (unpaired) electrons. The molecule has 0 aromatic heterocycles. The summed E-state index contributed by atoms with van der Waals surface area (Å²) in [5, 5.41) is 21.9. The van der Waals surface area contributed by atoms with Crippen LogP contribution in [0.1, 0.15) is 33.6 Å². The molecule has 3 N–H and O–H groups in total. The van der Waals surface area contributed by atoms with Crippen molar-refractivity contribution < 1.29 is 19.8 Å². The topological polar surface area (TPSA) is 86.6 Å². The minimum atomic E-state index is -0.923. The molecule has 114 valence electrons. The first kappa shape index (κ1) is 15.4. The van der Waals surface area contributed by atoms with Gasteiger partial charge in [0.05, 0.1) is 11.1 Å². The zero-order chi connectivity index (χ0) is 15.8. The molecule has 1 aliphatic rings. The number of hydrogen-bond acceptors (Lipinski definition) is 3. The van der Waals surface area contributed by atoms with E-state index in [1.807, 2.05) is 13.8 Å². The van der Waals surface area contributed by atoms with Crippen molar-refractivity contribution in [2.45, 2.75) is 33.6 Å². The maximum Gasteiger partial charge on any atom is 0.309 e. The van der Waals surface area contributed by atoms with Crippen molar-refractivity contribution in [3.05, 3.63) is 24.3 Å². The molecule has 21 heavy (non-hydrogen) atoms. The maximum atomic E-state index is 12.5. The number of aromatic hydroxyl groups is 1. The Labute approximate surface area is 124 Å². The van der Waals surface area contributed by atoms with Gasteiger partial charge in [-0.25, -0.2) is 0 Å². The summed E-state index contributed by atoms with van der Waals surface area (Å²) in [6.45, 7) is 5.34. The second-order valence-corrected chi connectivity index (χ2v) is 6.46. The van der Waals surface area contributed by atoms with Gasteiger partial charge in [0, 0.05) is 5.92 Å². The van der Waals surface area contributed by atoms with Gasteiger partial charge in [-0.3, -0.25) is 9.59 Å². The van der Waals surface area contributed by atoms with Crippen molar-refractivity contribution >= 4 is 17.6 Å². The number of carbonyl (C=O) groups is 2. The number of benzene rings is 1. The van der Waals surface area contributed by atoms with Gasteiger partial charge in [0.1, 0.15) is 5.75 Å². The smallest absolute Gasteiger partial charge is 0.309 e. The third-order valence-electron chi connectivity index (χ3n) is 5.18. The number of rotatable bonds is 3. The summed E-state index contributed by atoms with van der Waals surface area (Å²) >= 11 is 0. The Bertz CT molecular complexity index is 581. The average Bonchev–Trinajstić information content (AvgIpc) is 2.64. The van der Waals surface area contributed by atoms with Crippen LogP contribution in [0.3, 0.4) is 0 Å². The molecule has 2 atom stereocenters. The van der Waals surface area contributed by atoms with Crippen LogP contribution < -0.4 is 5.32 Å². The molecule has 1 aromatic rings. The lowest BCUT2D eigenvalue weighted by Crippen LogP contribution is -2.43. The monoisotopic (exact) mass is 291 g/mol. The molecule has 1 fully saturated rings. The molecule has 1 saturated carbocycles. The highest BCUT2D eigenvalue weighted by Gasteiger charge is 2.58. The van der Waals surface area contributed by atoms with E-state index in [1.54, 1.807) is 25.1 Å². The molecule has 0 spiro atoms. The van der Waals surface area contributed by atoms with Gasteiger partial charge in [-0.05, 0) is 37.3 Å². The van der Waals surface area contributed by atoms with Crippen LogP contribution in [0.5, 0.6) is 5.75 Å². The Morgan fingerprint density at radius 2 is 1.86 bits per heavy atom. The molecule has 5 nitrogen and oxygen atoms in total. The second-order valence-electron chi connectivity index (χ2n) is 6.46. The predicted molar refractivity (Wildman–Crippen MR) is 79.0 cm³/mol. The first-order valence-electron chi connectivity index (χ1n) is 7.02. The van der Waals surface area contributed by atoms with Crippen LogP contribution in [0.2, 0.25) is 0 Å². The third kappa shape index (κ3) is 2.37. The summed E-state index contributed by atoms with van der Waals surface area (Å²) in [5.74, 6) is -1.52. The lowest BCUT2D eigenvalue weighted by atomic mass is 9.65. The Morgan fingerprint density at radius 1 is 1.24 bits per heavy atom. The number of hydrogen-bond donors (Lipinski definition) is 3. The van der Waals surface area contributed by atoms with Crippen molar-refractivity contribution in [1.82, 2.24) is 0 Å². The van der Waals surface area contributed by atoms with Crippen LogP contribution in [-0.4, -0.2) is 22.1 Å². The zero-order valence-electron chi connectivity index (χ0n) is 12.5. The summed E-state index contributed by atoms with van der Waals surface area (Å²) in [4.78, 5) is 24.0. The van der Waals surface area contributed by atoms with Gasteiger partial charge in [-0.1, -0.05) is 26.0 Å². The summed E-state index contributed by atoms with van der Waals surface area (Å²) in [6.07, 6.45) is 0.990. The van der Waals surface area contributed by atoms with Crippen LogP contribution in [0.25, 0.3) is 0 Å². The van der Waals surface area contributed by atoms with E-state index in [9.17, 15) is 19.8 Å². The van der Waals surface area contributed by atoms with E-state index < -0.39 is 22.7 Å². The number of phenolic OH excluding ortho intramolecular Hbond substituents is 1. The van der Waals surface area contributed by atoms with Gasteiger partial charge in [-0.2, -0.15) is 0 Å². The normalized spacial score (nSPS) is 27.3. The lowest BCUT2D eigenvalue weighted by Gasteiger charge is -2.37. The highest BCUT2D eigenvalue weighted by atomic mass is 16.4. The maximum absolute atomic E-state index is 12.5. The number of para-hydroxylation sites is 2. The van der Waals surface area contributed by atoms with Gasteiger partial charge in [0.25, 0.3) is 0 Å². The first-order chi connectivity index (χ1) is 9.70. The minimum absolute atomic E-state index is 0.00245. The van der Waals surface area contributed by atoms with E-state index in [-0.39, 0.29) is 11.7 Å². The van der Waals surface area contributed by atoms with E-state index in [0.29, 0.717) is 18.5 Å². The first-order valence-corrected chi connectivity index (χ1v) is 7.02. The van der Waals surface area contributed by atoms with E-state index in [4.69, 9.17) is 0 Å². The Balaban J connectivity index is 2.22. The van der Waals surface area contributed by atoms with Crippen molar-refractivity contribution in [2.75, 3.05) is 5.32 Å². The van der Waals surface area contributed by atoms with E-state index in [1.165, 1.54) is 6.07 Å². The molecule has 1 amide bonds. The van der Waals surface area contributed by atoms with Crippen molar-refractivity contribution in [3.8, 4) is 5.75 Å². The van der Waals surface area contributed by atoms with Gasteiger partial charge >= 0.3 is 5.97 Å². The lowest BCUT2D eigenvalue weighted by molar-refractivity contribution is -0.154. The molecule has 2 rings (SSSR count). The van der Waals surface area contributed by atoms with Gasteiger partial charge in [0.15, 0.2) is 0 Å². The van der Waals surface area contributed by atoms with Crippen LogP contribution >= 0.6 is 0 Å². The van der Waals surface area contributed by atoms with Crippen LogP contribution in [-0.2, 0) is 9.59 Å². The van der Waals surface area contributed by atoms with E-state index in [0.717, 1.165) is 0 Å². The van der Waals surface area contributed by atoms with Crippen molar-refractivity contribution in [2.24, 2.45) is 16.7 Å². The number of carboxylic acids is 1. The minimum Gasteiger partial charge on any atom is -0.506 e. The molecular formula is C16H21NO4. The highest BCUT2D eigenvalue weighted by molar-refractivity contribution is 5.95. The highest BCUT2D eigenvalue weighted by Crippen LogP contribution is 2.56. The summed E-state index contributed by atoms with van der Waals surface area (Å²) < 4.78 is 0. The quantitative estimate of drug-likeness (QED) is 0.747. The van der Waals surface area contributed by atoms with Crippen molar-refractivity contribution in [3.63, 3.8) is 0 Å². The van der Waals surface area contributed by atoms with Crippen molar-refractivity contribution in [1.29, 1.82) is 0 Å². The predicted octanol–water partition coefficient (Wildman–Crippen LogP) is 2.86. The number of carboxylic acid groups (broad SMARTS) is 1. The van der Waals surface area contributed by atoms with Crippen LogP contribution in [0.15, 0.2) is 24.3 Å². The van der Waals surface area contributed by atoms with Crippen LogP contribution in [0, 0.1) is 16.7 Å². The molecule has 5 heteroatoms. The number of anilines is 1. The fourth-order valence-electron chi connectivity index (χ4n) is 3.14. The summed E-state index contributed by atoms with van der Waals surface area (Å²) in [6, 6.07) is 6.50. The number of nitrogens with one attached hydrogen (secondary N) is 1. The number of carbonyl (C=O) groups excluding carboxylic acids is 1. The van der Waals surface area contributed by atoms with Gasteiger partial charge in [0.2, 0.25) is 5.91 Å². The van der Waals surface area contributed by atoms with Crippen LogP contribution in [0.4, 0.5) is 5.69 Å².